The molecule has 0 aliphatic rings. The molecule has 168 valence electrons. The minimum Gasteiger partial charge on any atom is -0.483 e. The number of ether oxygens (including phenoxy) is 1. The van der Waals surface area contributed by atoms with Crippen molar-refractivity contribution in [3.63, 3.8) is 0 Å². The first-order valence-electron chi connectivity index (χ1n) is 9.57. The van der Waals surface area contributed by atoms with Crippen LogP contribution in [0.15, 0.2) is 47.4 Å². The first-order chi connectivity index (χ1) is 14.5. The highest BCUT2D eigenvalue weighted by atomic mass is 32.2. The Kier molecular flexibility index (Phi) is 8.12. The Morgan fingerprint density at radius 2 is 1.74 bits per heavy atom. The lowest BCUT2D eigenvalue weighted by molar-refractivity contribution is -0.131. The lowest BCUT2D eigenvalue weighted by Crippen LogP contribution is -2.54. The van der Waals surface area contributed by atoms with Crippen LogP contribution in [0.2, 0.25) is 0 Å². The molecule has 2 aromatic rings. The van der Waals surface area contributed by atoms with Gasteiger partial charge in [-0.1, -0.05) is 38.1 Å². The molecule has 0 aliphatic carbocycles. The standard InChI is InChI=1S/C21H26FN3O5S/c1-13(2)20(25-31(28,29)18-8-6-5-7-16(18)22)21(27)24-23-19(26)12-30-17-11-14(3)9-10-15(17)4/h5-11,13,20,25H,12H2,1-4H3,(H,23,26)(H,24,27)/t20-/m0/s1. The van der Waals surface area contributed by atoms with Gasteiger partial charge < -0.3 is 4.74 Å². The number of sulfonamides is 1. The third-order valence-electron chi connectivity index (χ3n) is 4.38. The summed E-state index contributed by atoms with van der Waals surface area (Å²) in [6, 6.07) is 9.15. The van der Waals surface area contributed by atoms with Crippen LogP contribution >= 0.6 is 0 Å². The first kappa shape index (κ1) is 24.3. The summed E-state index contributed by atoms with van der Waals surface area (Å²) in [5.74, 6) is -2.30. The highest BCUT2D eigenvalue weighted by molar-refractivity contribution is 7.89. The van der Waals surface area contributed by atoms with Gasteiger partial charge in [0.05, 0.1) is 0 Å². The van der Waals surface area contributed by atoms with Gasteiger partial charge >= 0.3 is 0 Å². The number of benzene rings is 2. The molecule has 3 N–H and O–H groups in total. The van der Waals surface area contributed by atoms with E-state index in [1.807, 2.05) is 26.0 Å². The van der Waals surface area contributed by atoms with Crippen LogP contribution in [0.5, 0.6) is 5.75 Å². The molecule has 2 amide bonds. The van der Waals surface area contributed by atoms with Gasteiger partial charge in [-0.25, -0.2) is 12.8 Å². The molecule has 0 spiro atoms. The molecule has 0 fully saturated rings. The predicted octanol–water partition coefficient (Wildman–Crippen LogP) is 1.97. The van der Waals surface area contributed by atoms with Crippen LogP contribution in [0.4, 0.5) is 4.39 Å². The molecule has 0 bridgehead atoms. The second kappa shape index (κ2) is 10.4. The number of halogens is 1. The van der Waals surface area contributed by atoms with Crippen molar-refractivity contribution < 1.29 is 27.1 Å². The molecule has 2 rings (SSSR count). The fraction of sp³-hybridized carbons (Fsp3) is 0.333. The van der Waals surface area contributed by atoms with Crippen LogP contribution in [0.25, 0.3) is 0 Å². The second-order valence-corrected chi connectivity index (χ2v) is 9.05. The number of hydrazine groups is 1. The molecule has 0 heterocycles. The van der Waals surface area contributed by atoms with Gasteiger partial charge in [0, 0.05) is 0 Å². The number of nitrogens with one attached hydrogen (secondary N) is 3. The van der Waals surface area contributed by atoms with Gasteiger partial charge in [-0.15, -0.1) is 0 Å². The number of carbonyl (C=O) groups is 2. The van der Waals surface area contributed by atoms with Gasteiger partial charge in [0.25, 0.3) is 11.8 Å². The van der Waals surface area contributed by atoms with E-state index in [1.165, 1.54) is 12.1 Å². The number of hydrogen-bond acceptors (Lipinski definition) is 5. The van der Waals surface area contributed by atoms with E-state index >= 15 is 0 Å². The van der Waals surface area contributed by atoms with Crippen LogP contribution in [-0.2, 0) is 19.6 Å². The maximum Gasteiger partial charge on any atom is 0.276 e. The number of aryl methyl sites for hydroxylation is 2. The van der Waals surface area contributed by atoms with E-state index in [0.717, 1.165) is 23.3 Å². The molecule has 0 saturated heterocycles. The van der Waals surface area contributed by atoms with Crippen molar-refractivity contribution in [1.82, 2.24) is 15.6 Å². The second-order valence-electron chi connectivity index (χ2n) is 7.37. The van der Waals surface area contributed by atoms with Gasteiger partial charge in [0.1, 0.15) is 22.5 Å². The van der Waals surface area contributed by atoms with E-state index in [-0.39, 0.29) is 6.61 Å². The third-order valence-corrected chi connectivity index (χ3v) is 5.86. The Hall–Kier alpha value is -2.98. The van der Waals surface area contributed by atoms with Crippen LogP contribution in [-0.4, -0.2) is 32.9 Å². The summed E-state index contributed by atoms with van der Waals surface area (Å²) in [7, 11) is -4.30. The highest BCUT2D eigenvalue weighted by Gasteiger charge is 2.30. The van der Waals surface area contributed by atoms with E-state index in [9.17, 15) is 22.4 Å². The van der Waals surface area contributed by atoms with Crippen LogP contribution in [0.3, 0.4) is 0 Å². The smallest absolute Gasteiger partial charge is 0.276 e. The first-order valence-corrected chi connectivity index (χ1v) is 11.0. The Morgan fingerprint density at radius 1 is 1.06 bits per heavy atom. The maximum atomic E-state index is 13.9. The summed E-state index contributed by atoms with van der Waals surface area (Å²) < 4.78 is 46.5. The SMILES string of the molecule is Cc1ccc(C)c(OCC(=O)NNC(=O)[C@@H](NS(=O)(=O)c2ccccc2F)C(C)C)c1. The predicted molar refractivity (Wildman–Crippen MR) is 113 cm³/mol. The largest absolute Gasteiger partial charge is 0.483 e. The summed E-state index contributed by atoms with van der Waals surface area (Å²) in [4.78, 5) is 23.9. The molecule has 0 unspecified atom stereocenters. The Balaban J connectivity index is 1.97. The summed E-state index contributed by atoms with van der Waals surface area (Å²) in [5.41, 5.74) is 6.18. The zero-order chi connectivity index (χ0) is 23.2. The lowest BCUT2D eigenvalue weighted by Gasteiger charge is -2.22. The average Bonchev–Trinajstić information content (AvgIpc) is 2.71. The minimum absolute atomic E-state index is 0.349. The average molecular weight is 452 g/mol. The monoisotopic (exact) mass is 451 g/mol. The normalized spacial score (nSPS) is 12.3. The Morgan fingerprint density at radius 3 is 2.39 bits per heavy atom. The zero-order valence-corrected chi connectivity index (χ0v) is 18.5. The molecule has 0 radical (unpaired) electrons. The molecule has 0 saturated carbocycles. The van der Waals surface area contributed by atoms with Crippen molar-refractivity contribution in [3.05, 3.63) is 59.4 Å². The van der Waals surface area contributed by atoms with Crippen LogP contribution < -0.4 is 20.3 Å². The van der Waals surface area contributed by atoms with Gasteiger partial charge in [0.2, 0.25) is 10.0 Å². The lowest BCUT2D eigenvalue weighted by atomic mass is 10.1. The van der Waals surface area contributed by atoms with E-state index in [1.54, 1.807) is 19.9 Å². The molecule has 1 atom stereocenters. The van der Waals surface area contributed by atoms with Crippen molar-refractivity contribution in [2.45, 2.75) is 38.6 Å². The quantitative estimate of drug-likeness (QED) is 0.531. The molecule has 0 aromatic heterocycles. The number of carbonyl (C=O) groups excluding carboxylic acids is 2. The molecule has 10 heteroatoms. The fourth-order valence-corrected chi connectivity index (χ4v) is 4.06. The summed E-state index contributed by atoms with van der Waals surface area (Å²) in [6.45, 7) is 6.60. The molecule has 31 heavy (non-hydrogen) atoms. The van der Waals surface area contributed by atoms with E-state index in [2.05, 4.69) is 15.6 Å². The molecular weight excluding hydrogens is 425 g/mol. The number of amides is 2. The van der Waals surface area contributed by atoms with Crippen molar-refractivity contribution in [2.75, 3.05) is 6.61 Å². The van der Waals surface area contributed by atoms with E-state index in [4.69, 9.17) is 4.74 Å². The Bertz CT molecular complexity index is 1060. The molecule has 0 aliphatic heterocycles. The molecule has 8 nitrogen and oxygen atoms in total. The minimum atomic E-state index is -4.30. The van der Waals surface area contributed by atoms with Gasteiger partial charge in [-0.3, -0.25) is 20.4 Å². The van der Waals surface area contributed by atoms with Crippen LogP contribution in [0, 0.1) is 25.6 Å². The number of rotatable bonds is 8. The summed E-state index contributed by atoms with van der Waals surface area (Å²) in [6.07, 6.45) is 0. The molecule has 2 aromatic carbocycles. The molecular formula is C21H26FN3O5S. The maximum absolute atomic E-state index is 13.9. The summed E-state index contributed by atoms with van der Waals surface area (Å²) >= 11 is 0. The van der Waals surface area contributed by atoms with Gasteiger partial charge in [0.15, 0.2) is 6.61 Å². The van der Waals surface area contributed by atoms with Gasteiger partial charge in [-0.05, 0) is 49.1 Å². The summed E-state index contributed by atoms with van der Waals surface area (Å²) in [5, 5.41) is 0. The highest BCUT2D eigenvalue weighted by Crippen LogP contribution is 2.19. The van der Waals surface area contributed by atoms with E-state index < -0.39 is 44.5 Å². The van der Waals surface area contributed by atoms with Gasteiger partial charge in [-0.2, -0.15) is 4.72 Å². The van der Waals surface area contributed by atoms with Crippen molar-refractivity contribution in [2.24, 2.45) is 5.92 Å². The fourth-order valence-electron chi connectivity index (χ4n) is 2.64. The number of hydrogen-bond donors (Lipinski definition) is 3. The van der Waals surface area contributed by atoms with Crippen molar-refractivity contribution >= 4 is 21.8 Å². The Labute approximate surface area is 181 Å². The third kappa shape index (κ3) is 6.76. The topological polar surface area (TPSA) is 114 Å². The van der Waals surface area contributed by atoms with Crippen LogP contribution in [0.1, 0.15) is 25.0 Å². The van der Waals surface area contributed by atoms with Crippen molar-refractivity contribution in [1.29, 1.82) is 0 Å². The zero-order valence-electron chi connectivity index (χ0n) is 17.7. The van der Waals surface area contributed by atoms with E-state index in [0.29, 0.717) is 5.75 Å². The van der Waals surface area contributed by atoms with Crippen molar-refractivity contribution in [3.8, 4) is 5.75 Å².